The molecule has 10 rings (SSSR count). The first-order chi connectivity index (χ1) is 22.8. The SMILES string of the molecule is c1ccc(-c2cc(-c3ccccc3)nc(-c3cccc4nc5n(c34)-c3ccccc3C53c4ccccc4-c4ccccc43)n2)cc1. The number of imidazole rings is 1. The van der Waals surface area contributed by atoms with Gasteiger partial charge >= 0.3 is 0 Å². The maximum absolute atomic E-state index is 5.50. The molecule has 1 spiro atoms. The van der Waals surface area contributed by atoms with Gasteiger partial charge in [0.1, 0.15) is 11.2 Å². The molecule has 0 N–H and O–H groups in total. The van der Waals surface area contributed by atoms with Crippen LogP contribution in [-0.2, 0) is 5.41 Å². The third kappa shape index (κ3) is 3.30. The highest BCUT2D eigenvalue weighted by Gasteiger charge is 2.54. The van der Waals surface area contributed by atoms with Crippen LogP contribution in [-0.4, -0.2) is 19.5 Å². The summed E-state index contributed by atoms with van der Waals surface area (Å²) in [6.07, 6.45) is 0. The smallest absolute Gasteiger partial charge is 0.162 e. The lowest BCUT2D eigenvalue weighted by molar-refractivity contribution is 0.738. The van der Waals surface area contributed by atoms with Crippen molar-refractivity contribution in [2.45, 2.75) is 5.41 Å². The van der Waals surface area contributed by atoms with Crippen LogP contribution in [0.2, 0.25) is 0 Å². The van der Waals surface area contributed by atoms with Crippen LogP contribution in [0.3, 0.4) is 0 Å². The maximum Gasteiger partial charge on any atom is 0.162 e. The molecule has 0 amide bonds. The summed E-state index contributed by atoms with van der Waals surface area (Å²) in [5, 5.41) is 0. The molecule has 0 fully saturated rings. The third-order valence-electron chi connectivity index (χ3n) is 9.62. The van der Waals surface area contributed by atoms with Crippen molar-refractivity contribution < 1.29 is 0 Å². The highest BCUT2D eigenvalue weighted by atomic mass is 15.1. The van der Waals surface area contributed by atoms with E-state index in [2.05, 4.69) is 150 Å². The summed E-state index contributed by atoms with van der Waals surface area (Å²) in [6.45, 7) is 0. The molecule has 46 heavy (non-hydrogen) atoms. The fraction of sp³-hybridized carbons (Fsp3) is 0.0238. The van der Waals surface area contributed by atoms with E-state index < -0.39 is 5.41 Å². The minimum Gasteiger partial charge on any atom is -0.294 e. The quantitative estimate of drug-likeness (QED) is 0.207. The molecule has 2 aromatic heterocycles. The Balaban J connectivity index is 1.30. The van der Waals surface area contributed by atoms with E-state index in [9.17, 15) is 0 Å². The molecule has 214 valence electrons. The number of rotatable bonds is 3. The Bertz CT molecular complexity index is 2370. The first kappa shape index (κ1) is 25.2. The summed E-state index contributed by atoms with van der Waals surface area (Å²) < 4.78 is 2.37. The van der Waals surface area contributed by atoms with Crippen LogP contribution in [0.4, 0.5) is 0 Å². The van der Waals surface area contributed by atoms with Crippen molar-refractivity contribution in [1.29, 1.82) is 0 Å². The molecule has 6 aromatic carbocycles. The fourth-order valence-corrected chi connectivity index (χ4v) is 7.75. The lowest BCUT2D eigenvalue weighted by Crippen LogP contribution is -2.27. The van der Waals surface area contributed by atoms with Crippen molar-refractivity contribution in [3.63, 3.8) is 0 Å². The topological polar surface area (TPSA) is 43.6 Å². The molecular formula is C42H26N4. The summed E-state index contributed by atoms with van der Waals surface area (Å²) in [6, 6.07) is 55.5. The van der Waals surface area contributed by atoms with E-state index in [1.165, 1.54) is 27.8 Å². The van der Waals surface area contributed by atoms with Gasteiger partial charge in [0, 0.05) is 16.7 Å². The summed E-state index contributed by atoms with van der Waals surface area (Å²) in [5.41, 5.74) is 13.7. The lowest BCUT2D eigenvalue weighted by Gasteiger charge is -2.27. The molecule has 0 bridgehead atoms. The van der Waals surface area contributed by atoms with Gasteiger partial charge in [0.15, 0.2) is 5.82 Å². The Hall–Kier alpha value is -6.13. The second-order valence-corrected chi connectivity index (χ2v) is 12.0. The van der Waals surface area contributed by atoms with Gasteiger partial charge in [0.2, 0.25) is 0 Å². The van der Waals surface area contributed by atoms with Gasteiger partial charge in [-0.15, -0.1) is 0 Å². The largest absolute Gasteiger partial charge is 0.294 e. The molecule has 0 radical (unpaired) electrons. The molecule has 3 heterocycles. The highest BCUT2D eigenvalue weighted by molar-refractivity contribution is 5.97. The maximum atomic E-state index is 5.50. The molecule has 0 atom stereocenters. The van der Waals surface area contributed by atoms with Gasteiger partial charge in [-0.25, -0.2) is 15.0 Å². The number of hydrogen-bond acceptors (Lipinski definition) is 3. The van der Waals surface area contributed by atoms with Crippen LogP contribution in [0.15, 0.2) is 158 Å². The second kappa shape index (κ2) is 9.43. The molecule has 1 aliphatic heterocycles. The van der Waals surface area contributed by atoms with Crippen LogP contribution in [0.5, 0.6) is 0 Å². The lowest BCUT2D eigenvalue weighted by atomic mass is 9.73. The van der Waals surface area contributed by atoms with E-state index in [0.29, 0.717) is 5.82 Å². The van der Waals surface area contributed by atoms with Crippen molar-refractivity contribution in [2.75, 3.05) is 0 Å². The van der Waals surface area contributed by atoms with Crippen LogP contribution < -0.4 is 0 Å². The predicted octanol–water partition coefficient (Wildman–Crippen LogP) is 9.49. The fourth-order valence-electron chi connectivity index (χ4n) is 7.75. The number of hydrogen-bond donors (Lipinski definition) is 0. The van der Waals surface area contributed by atoms with Crippen LogP contribution in [0.1, 0.15) is 22.5 Å². The zero-order valence-electron chi connectivity index (χ0n) is 24.8. The summed E-state index contributed by atoms with van der Waals surface area (Å²) in [5.74, 6) is 1.69. The van der Waals surface area contributed by atoms with Crippen LogP contribution >= 0.6 is 0 Å². The average Bonchev–Trinajstić information content (AvgIpc) is 3.76. The Morgan fingerprint density at radius 1 is 0.435 bits per heavy atom. The number of para-hydroxylation sites is 2. The van der Waals surface area contributed by atoms with E-state index in [1.807, 2.05) is 12.1 Å². The number of aromatic nitrogens is 4. The minimum absolute atomic E-state index is 0.526. The first-order valence-corrected chi connectivity index (χ1v) is 15.6. The second-order valence-electron chi connectivity index (χ2n) is 12.0. The van der Waals surface area contributed by atoms with Gasteiger partial charge in [-0.1, -0.05) is 133 Å². The summed E-state index contributed by atoms with van der Waals surface area (Å²) in [7, 11) is 0. The standard InChI is InChI=1S/C42H26N4/c1-3-14-27(15-4-1)36-26-37(28-16-5-2-6-17-28)44-40(43-36)31-20-13-24-35-39(31)46-38-25-12-11-23-34(38)42(41(46)45-35)32-21-9-7-18-29(32)30-19-8-10-22-33(30)42/h1-26H. The van der Waals surface area contributed by atoms with Crippen molar-refractivity contribution in [3.05, 3.63) is 180 Å². The Kier molecular flexibility index (Phi) is 5.17. The van der Waals surface area contributed by atoms with Gasteiger partial charge in [-0.05, 0) is 52.1 Å². The molecule has 8 aromatic rings. The first-order valence-electron chi connectivity index (χ1n) is 15.6. The van der Waals surface area contributed by atoms with Crippen molar-refractivity contribution in [1.82, 2.24) is 19.5 Å². The molecule has 1 aliphatic carbocycles. The molecule has 0 saturated carbocycles. The van der Waals surface area contributed by atoms with Crippen molar-refractivity contribution in [3.8, 4) is 50.7 Å². The van der Waals surface area contributed by atoms with E-state index in [-0.39, 0.29) is 0 Å². The number of fused-ring (bicyclic) bond motifs is 12. The van der Waals surface area contributed by atoms with E-state index in [4.69, 9.17) is 15.0 Å². The molecule has 4 nitrogen and oxygen atoms in total. The zero-order valence-corrected chi connectivity index (χ0v) is 24.8. The highest BCUT2D eigenvalue weighted by Crippen LogP contribution is 2.60. The normalized spacial score (nSPS) is 13.4. The minimum atomic E-state index is -0.526. The van der Waals surface area contributed by atoms with Crippen LogP contribution in [0.25, 0.3) is 61.8 Å². The van der Waals surface area contributed by atoms with Gasteiger partial charge in [-0.3, -0.25) is 4.57 Å². The summed E-state index contributed by atoms with van der Waals surface area (Å²) >= 11 is 0. The van der Waals surface area contributed by atoms with E-state index in [0.717, 1.165) is 50.6 Å². The number of nitrogens with zero attached hydrogens (tertiary/aromatic N) is 4. The van der Waals surface area contributed by atoms with Gasteiger partial charge in [0.05, 0.1) is 28.1 Å². The molecular weight excluding hydrogens is 560 g/mol. The van der Waals surface area contributed by atoms with Crippen LogP contribution in [0, 0.1) is 0 Å². The van der Waals surface area contributed by atoms with Crippen molar-refractivity contribution >= 4 is 11.0 Å². The molecule has 0 unspecified atom stereocenters. The predicted molar refractivity (Wildman–Crippen MR) is 184 cm³/mol. The molecule has 2 aliphatic rings. The van der Waals surface area contributed by atoms with E-state index in [1.54, 1.807) is 0 Å². The Morgan fingerprint density at radius 2 is 0.957 bits per heavy atom. The zero-order chi connectivity index (χ0) is 30.2. The third-order valence-corrected chi connectivity index (χ3v) is 9.62. The van der Waals surface area contributed by atoms with Gasteiger partial charge in [0.25, 0.3) is 0 Å². The molecule has 4 heteroatoms. The van der Waals surface area contributed by atoms with Crippen molar-refractivity contribution in [2.24, 2.45) is 0 Å². The number of benzene rings is 6. The van der Waals surface area contributed by atoms with Gasteiger partial charge in [-0.2, -0.15) is 0 Å². The van der Waals surface area contributed by atoms with Gasteiger partial charge < -0.3 is 0 Å². The summed E-state index contributed by atoms with van der Waals surface area (Å²) in [4.78, 5) is 15.9. The molecule has 0 saturated heterocycles. The van der Waals surface area contributed by atoms with E-state index >= 15 is 0 Å². The monoisotopic (exact) mass is 586 g/mol. The average molecular weight is 587 g/mol. The Morgan fingerprint density at radius 3 is 1.59 bits per heavy atom. The Labute approximate surface area is 266 Å².